The molecule has 0 spiro atoms. The molecule has 1 aliphatic rings. The molecule has 9 nitrogen and oxygen atoms in total. The fourth-order valence-electron chi connectivity index (χ4n) is 6.23. The van der Waals surface area contributed by atoms with Gasteiger partial charge in [-0.3, -0.25) is 4.79 Å². The number of hydrogen-bond acceptors (Lipinski definition) is 6. The summed E-state index contributed by atoms with van der Waals surface area (Å²) >= 11 is 6.79. The van der Waals surface area contributed by atoms with Crippen molar-refractivity contribution in [2.45, 2.75) is 45.7 Å². The molecule has 12 heteroatoms. The molecule has 0 N–H and O–H groups in total. The van der Waals surface area contributed by atoms with Crippen molar-refractivity contribution in [3.63, 3.8) is 0 Å². The van der Waals surface area contributed by atoms with Crippen molar-refractivity contribution >= 4 is 45.4 Å². The van der Waals surface area contributed by atoms with Gasteiger partial charge in [0.1, 0.15) is 17.5 Å². The first-order valence-corrected chi connectivity index (χ1v) is 15.0. The highest BCUT2D eigenvalue weighted by atomic mass is 35.5. The van der Waals surface area contributed by atoms with Crippen LogP contribution in [0.5, 0.6) is 0 Å². The van der Waals surface area contributed by atoms with Crippen LogP contribution >= 0.6 is 11.6 Å². The Morgan fingerprint density at radius 2 is 1.82 bits per heavy atom. The number of nitrogens with zero attached hydrogens (tertiary/aromatic N) is 7. The van der Waals surface area contributed by atoms with Crippen molar-refractivity contribution in [3.05, 3.63) is 88.1 Å². The maximum atomic E-state index is 16.3. The fourth-order valence-corrected chi connectivity index (χ4v) is 6.49. The molecule has 0 radical (unpaired) electrons. The number of anilines is 1. The monoisotopic (exact) mass is 631 g/mol. The predicted molar refractivity (Wildman–Crippen MR) is 172 cm³/mol. The largest absolute Gasteiger partial charge is 0.355 e. The first-order chi connectivity index (χ1) is 21.4. The van der Waals surface area contributed by atoms with Gasteiger partial charge in [-0.2, -0.15) is 4.98 Å². The number of carbonyl (C=O) groups is 1. The summed E-state index contributed by atoms with van der Waals surface area (Å²) in [6.07, 6.45) is 2.87. The number of hydrogen-bond donors (Lipinski definition) is 0. The van der Waals surface area contributed by atoms with E-state index in [9.17, 15) is 9.59 Å². The van der Waals surface area contributed by atoms with Gasteiger partial charge in [0.2, 0.25) is 5.91 Å². The number of pyridine rings is 1. The van der Waals surface area contributed by atoms with Gasteiger partial charge in [-0.25, -0.2) is 28.1 Å². The van der Waals surface area contributed by atoms with Crippen LogP contribution in [0.2, 0.25) is 5.02 Å². The third-order valence-electron chi connectivity index (χ3n) is 8.43. The average Bonchev–Trinajstić information content (AvgIpc) is 3.36. The summed E-state index contributed by atoms with van der Waals surface area (Å²) < 4.78 is 34.2. The van der Waals surface area contributed by atoms with Crippen LogP contribution in [0.25, 0.3) is 39.0 Å². The number of benzene rings is 2. The van der Waals surface area contributed by atoms with E-state index in [2.05, 4.69) is 16.5 Å². The first kappa shape index (κ1) is 30.4. The van der Waals surface area contributed by atoms with E-state index < -0.39 is 17.3 Å². The summed E-state index contributed by atoms with van der Waals surface area (Å²) in [5.74, 6) is -1.36. The molecule has 4 heterocycles. The number of aryl methyl sites for hydroxylation is 1. The summed E-state index contributed by atoms with van der Waals surface area (Å²) in [6, 6.07) is 8.48. The maximum absolute atomic E-state index is 16.3. The Kier molecular flexibility index (Phi) is 7.68. The lowest BCUT2D eigenvalue weighted by atomic mass is 9.98. The lowest BCUT2D eigenvalue weighted by Crippen LogP contribution is -2.58. The van der Waals surface area contributed by atoms with Gasteiger partial charge in [0, 0.05) is 49.4 Å². The molecule has 1 amide bonds. The zero-order valence-corrected chi connectivity index (χ0v) is 26.3. The van der Waals surface area contributed by atoms with Crippen molar-refractivity contribution in [1.82, 2.24) is 29.0 Å². The zero-order valence-electron chi connectivity index (χ0n) is 25.6. The molecule has 232 valence electrons. The summed E-state index contributed by atoms with van der Waals surface area (Å²) in [4.78, 5) is 44.1. The Morgan fingerprint density at radius 1 is 1.09 bits per heavy atom. The number of carbonyl (C=O) groups excluding carboxylic acids is 1. The minimum Gasteiger partial charge on any atom is -0.349 e. The van der Waals surface area contributed by atoms with Crippen LogP contribution in [0.15, 0.2) is 60.2 Å². The molecular formula is C33H32ClF2N7O2. The van der Waals surface area contributed by atoms with Crippen molar-refractivity contribution in [3.8, 4) is 16.9 Å². The molecule has 0 aliphatic carbocycles. The van der Waals surface area contributed by atoms with Gasteiger partial charge in [-0.1, -0.05) is 44.2 Å². The maximum Gasteiger partial charge on any atom is 0.355 e. The molecule has 1 fully saturated rings. The second kappa shape index (κ2) is 11.4. The van der Waals surface area contributed by atoms with Crippen molar-refractivity contribution in [2.24, 2.45) is 7.05 Å². The third-order valence-corrected chi connectivity index (χ3v) is 8.72. The van der Waals surface area contributed by atoms with Crippen molar-refractivity contribution < 1.29 is 13.6 Å². The number of piperazine rings is 1. The van der Waals surface area contributed by atoms with Crippen LogP contribution in [0.1, 0.15) is 39.2 Å². The topological polar surface area (TPSA) is 89.2 Å². The predicted octanol–water partition coefficient (Wildman–Crippen LogP) is 6.00. The molecule has 0 unspecified atom stereocenters. The standard InChI is InChI=1S/C33H32ClF2N7O2/c1-7-26(44)41-14-19(5)42(15-18(41)4)31-21-12-22(34)28(20-10-8-9-11-23(20)35)38-32(21)43(33(45)39-31)30-24(36)13-25-29(27(30)17(2)3)37-16-40(25)6/h7-13,16-19H,1,14-15H2,2-6H3/t18-,19+/m1/s1. The van der Waals surface area contributed by atoms with Crippen LogP contribution in [0.3, 0.4) is 0 Å². The third kappa shape index (κ3) is 4.95. The first-order valence-electron chi connectivity index (χ1n) is 14.6. The number of halogens is 3. The number of aromatic nitrogens is 5. The van der Waals surface area contributed by atoms with Crippen LogP contribution in [0, 0.1) is 11.6 Å². The molecule has 6 rings (SSSR count). The Bertz CT molecular complexity index is 2070. The smallest absolute Gasteiger partial charge is 0.349 e. The molecule has 2 aromatic carbocycles. The van der Waals surface area contributed by atoms with E-state index in [4.69, 9.17) is 16.6 Å². The van der Waals surface area contributed by atoms with Crippen LogP contribution < -0.4 is 10.6 Å². The highest BCUT2D eigenvalue weighted by molar-refractivity contribution is 6.33. The summed E-state index contributed by atoms with van der Waals surface area (Å²) in [5.41, 5.74) is 1.11. The Hall–Kier alpha value is -4.64. The quantitative estimate of drug-likeness (QED) is 0.221. The van der Waals surface area contributed by atoms with Gasteiger partial charge >= 0.3 is 5.69 Å². The molecule has 2 atom stereocenters. The Balaban J connectivity index is 1.69. The van der Waals surface area contributed by atoms with E-state index in [1.807, 2.05) is 32.6 Å². The second-order valence-corrected chi connectivity index (χ2v) is 12.2. The summed E-state index contributed by atoms with van der Waals surface area (Å²) in [5, 5.41) is 0.504. The lowest BCUT2D eigenvalue weighted by molar-refractivity contribution is -0.128. The second-order valence-electron chi connectivity index (χ2n) is 11.8. The van der Waals surface area contributed by atoms with Crippen molar-refractivity contribution in [2.75, 3.05) is 18.0 Å². The molecule has 45 heavy (non-hydrogen) atoms. The lowest BCUT2D eigenvalue weighted by Gasteiger charge is -2.44. The van der Waals surface area contributed by atoms with Gasteiger partial charge in [-0.15, -0.1) is 0 Å². The van der Waals surface area contributed by atoms with E-state index in [0.29, 0.717) is 35.1 Å². The van der Waals surface area contributed by atoms with Crippen molar-refractivity contribution in [1.29, 1.82) is 0 Å². The Morgan fingerprint density at radius 3 is 2.51 bits per heavy atom. The number of fused-ring (bicyclic) bond motifs is 2. The SMILES string of the molecule is C=CC(=O)N1C[C@H](C)N(c2nc(=O)n(-c3c(F)cc4c(ncn4C)c3C(C)C)c3nc(-c4ccccc4F)c(Cl)cc23)C[C@H]1C. The van der Waals surface area contributed by atoms with E-state index in [1.54, 1.807) is 47.1 Å². The van der Waals surface area contributed by atoms with Crippen LogP contribution in [-0.4, -0.2) is 60.1 Å². The molecule has 5 aromatic rings. The van der Waals surface area contributed by atoms with Gasteiger partial charge < -0.3 is 14.4 Å². The van der Waals surface area contributed by atoms with E-state index in [-0.39, 0.29) is 57.3 Å². The molecular weight excluding hydrogens is 600 g/mol. The van der Waals surface area contributed by atoms with Crippen LogP contribution in [-0.2, 0) is 11.8 Å². The summed E-state index contributed by atoms with van der Waals surface area (Å²) in [6.45, 7) is 11.9. The fraction of sp³-hybridized carbons (Fsp3) is 0.303. The molecule has 3 aromatic heterocycles. The average molecular weight is 632 g/mol. The van der Waals surface area contributed by atoms with Gasteiger partial charge in [0.15, 0.2) is 5.65 Å². The normalized spacial score (nSPS) is 17.1. The number of imidazole rings is 1. The van der Waals surface area contributed by atoms with E-state index >= 15 is 8.78 Å². The highest BCUT2D eigenvalue weighted by Crippen LogP contribution is 2.38. The van der Waals surface area contributed by atoms with Gasteiger partial charge in [0.25, 0.3) is 0 Å². The molecule has 0 bridgehead atoms. The minimum atomic E-state index is -0.771. The molecule has 0 saturated carbocycles. The van der Waals surface area contributed by atoms with E-state index in [0.717, 1.165) is 4.57 Å². The molecule has 1 saturated heterocycles. The Labute approximate surface area is 263 Å². The van der Waals surface area contributed by atoms with Gasteiger partial charge in [0.05, 0.1) is 39.2 Å². The van der Waals surface area contributed by atoms with E-state index in [1.165, 1.54) is 18.2 Å². The summed E-state index contributed by atoms with van der Waals surface area (Å²) in [7, 11) is 1.77. The number of amides is 1. The number of rotatable bonds is 5. The molecule has 1 aliphatic heterocycles. The minimum absolute atomic E-state index is 0.0256. The highest BCUT2D eigenvalue weighted by Gasteiger charge is 2.34. The van der Waals surface area contributed by atoms with Crippen LogP contribution in [0.4, 0.5) is 14.6 Å². The zero-order chi connectivity index (χ0) is 32.3. The van der Waals surface area contributed by atoms with Gasteiger partial charge in [-0.05, 0) is 44.0 Å².